The molecule has 3 N–H and O–H groups in total. The molecule has 0 radical (unpaired) electrons. The molecule has 5 nitrogen and oxygen atoms in total. The molecule has 3 atom stereocenters. The Hall–Kier alpha value is -1.10. The number of aliphatic carboxylic acids is 1. The Balaban J connectivity index is 2.53. The van der Waals surface area contributed by atoms with E-state index in [2.05, 4.69) is 10.6 Å². The molecule has 0 aliphatic carbocycles. The number of amides is 1. The van der Waals surface area contributed by atoms with Crippen molar-refractivity contribution in [1.82, 2.24) is 10.6 Å². The van der Waals surface area contributed by atoms with Crippen molar-refractivity contribution in [3.05, 3.63) is 0 Å². The van der Waals surface area contributed by atoms with Crippen molar-refractivity contribution in [1.29, 1.82) is 0 Å². The second kappa shape index (κ2) is 6.59. The number of carbonyl (C=O) groups excluding carboxylic acids is 1. The van der Waals surface area contributed by atoms with Crippen LogP contribution in [-0.2, 0) is 9.59 Å². The van der Waals surface area contributed by atoms with Crippen molar-refractivity contribution in [2.75, 3.05) is 6.54 Å². The Labute approximate surface area is 102 Å². The molecule has 5 heteroatoms. The van der Waals surface area contributed by atoms with Gasteiger partial charge in [-0.2, -0.15) is 0 Å². The third-order valence-electron chi connectivity index (χ3n) is 3.40. The molecule has 1 heterocycles. The molecule has 0 bridgehead atoms. The molecule has 0 aromatic heterocycles. The van der Waals surface area contributed by atoms with Gasteiger partial charge in [0.1, 0.15) is 6.04 Å². The highest BCUT2D eigenvalue weighted by molar-refractivity contribution is 5.87. The minimum atomic E-state index is -0.955. The molecule has 0 spiro atoms. The van der Waals surface area contributed by atoms with Crippen LogP contribution in [0, 0.1) is 5.92 Å². The average molecular weight is 242 g/mol. The zero-order valence-electron chi connectivity index (χ0n) is 10.5. The van der Waals surface area contributed by atoms with E-state index >= 15 is 0 Å². The van der Waals surface area contributed by atoms with Crippen molar-refractivity contribution >= 4 is 11.9 Å². The van der Waals surface area contributed by atoms with Crippen LogP contribution in [0.5, 0.6) is 0 Å². The number of carboxylic acids is 1. The SMILES string of the molecule is CCC(C)[C@H](NC(=O)[C@H]1CCCCN1)C(=O)O. The number of carbonyl (C=O) groups is 2. The Morgan fingerprint density at radius 2 is 2.18 bits per heavy atom. The highest BCUT2D eigenvalue weighted by atomic mass is 16.4. The molecule has 98 valence electrons. The lowest BCUT2D eigenvalue weighted by atomic mass is 9.98. The van der Waals surface area contributed by atoms with Gasteiger partial charge in [0, 0.05) is 0 Å². The maximum atomic E-state index is 11.9. The monoisotopic (exact) mass is 242 g/mol. The van der Waals surface area contributed by atoms with Gasteiger partial charge in [-0.1, -0.05) is 26.7 Å². The van der Waals surface area contributed by atoms with E-state index in [9.17, 15) is 9.59 Å². The molecule has 1 amide bonds. The standard InChI is InChI=1S/C12H22N2O3/c1-3-8(2)10(12(16)17)14-11(15)9-6-4-5-7-13-9/h8-10,13H,3-7H2,1-2H3,(H,14,15)(H,16,17)/t8?,9-,10+/m1/s1. The number of rotatable bonds is 5. The van der Waals surface area contributed by atoms with E-state index in [-0.39, 0.29) is 17.9 Å². The molecular weight excluding hydrogens is 220 g/mol. The first-order valence-electron chi connectivity index (χ1n) is 6.32. The number of piperidine rings is 1. The third kappa shape index (κ3) is 4.00. The van der Waals surface area contributed by atoms with Gasteiger partial charge in [0.15, 0.2) is 0 Å². The number of hydrogen-bond acceptors (Lipinski definition) is 3. The van der Waals surface area contributed by atoms with Crippen LogP contribution >= 0.6 is 0 Å². The van der Waals surface area contributed by atoms with Crippen LogP contribution in [-0.4, -0.2) is 35.6 Å². The second-order valence-corrected chi connectivity index (χ2v) is 4.71. The van der Waals surface area contributed by atoms with E-state index in [4.69, 9.17) is 5.11 Å². The molecule has 1 aliphatic rings. The topological polar surface area (TPSA) is 78.4 Å². The van der Waals surface area contributed by atoms with Gasteiger partial charge >= 0.3 is 5.97 Å². The van der Waals surface area contributed by atoms with E-state index in [1.165, 1.54) is 0 Å². The highest BCUT2D eigenvalue weighted by Crippen LogP contribution is 2.11. The Morgan fingerprint density at radius 1 is 1.47 bits per heavy atom. The summed E-state index contributed by atoms with van der Waals surface area (Å²) < 4.78 is 0. The van der Waals surface area contributed by atoms with Crippen molar-refractivity contribution < 1.29 is 14.7 Å². The molecule has 17 heavy (non-hydrogen) atoms. The zero-order valence-corrected chi connectivity index (χ0v) is 10.5. The predicted octanol–water partition coefficient (Wildman–Crippen LogP) is 0.744. The molecule has 1 saturated heterocycles. The van der Waals surface area contributed by atoms with Gasteiger partial charge in [-0.3, -0.25) is 4.79 Å². The largest absolute Gasteiger partial charge is 0.480 e. The summed E-state index contributed by atoms with van der Waals surface area (Å²) in [6.45, 7) is 4.60. The second-order valence-electron chi connectivity index (χ2n) is 4.71. The van der Waals surface area contributed by atoms with E-state index in [1.54, 1.807) is 0 Å². The molecule has 0 aromatic rings. The Morgan fingerprint density at radius 3 is 2.65 bits per heavy atom. The molecule has 0 saturated carbocycles. The van der Waals surface area contributed by atoms with Crippen LogP contribution in [0.1, 0.15) is 39.5 Å². The molecule has 0 aromatic carbocycles. The number of hydrogen-bond donors (Lipinski definition) is 3. The van der Waals surface area contributed by atoms with Gasteiger partial charge in [-0.05, 0) is 25.3 Å². The van der Waals surface area contributed by atoms with E-state index in [1.807, 2.05) is 13.8 Å². The summed E-state index contributed by atoms with van der Waals surface area (Å²) in [5.74, 6) is -1.19. The molecular formula is C12H22N2O3. The van der Waals surface area contributed by atoms with Crippen LogP contribution in [0.25, 0.3) is 0 Å². The summed E-state index contributed by atoms with van der Waals surface area (Å²) in [5.41, 5.74) is 0. The lowest BCUT2D eigenvalue weighted by Gasteiger charge is -2.26. The molecule has 1 unspecified atom stereocenters. The van der Waals surface area contributed by atoms with Crippen molar-refractivity contribution in [3.8, 4) is 0 Å². The highest BCUT2D eigenvalue weighted by Gasteiger charge is 2.29. The normalized spacial score (nSPS) is 23.8. The van der Waals surface area contributed by atoms with Crippen molar-refractivity contribution in [2.45, 2.75) is 51.6 Å². The Bertz CT molecular complexity index is 275. The van der Waals surface area contributed by atoms with Crippen LogP contribution in [0.15, 0.2) is 0 Å². The van der Waals surface area contributed by atoms with Crippen LogP contribution < -0.4 is 10.6 Å². The smallest absolute Gasteiger partial charge is 0.326 e. The molecule has 1 rings (SSSR count). The van der Waals surface area contributed by atoms with Crippen LogP contribution in [0.4, 0.5) is 0 Å². The minimum absolute atomic E-state index is 0.0555. The summed E-state index contributed by atoms with van der Waals surface area (Å²) in [4.78, 5) is 23.0. The Kier molecular flexibility index (Phi) is 5.41. The zero-order chi connectivity index (χ0) is 12.8. The van der Waals surface area contributed by atoms with Gasteiger partial charge in [-0.15, -0.1) is 0 Å². The van der Waals surface area contributed by atoms with Gasteiger partial charge in [0.25, 0.3) is 0 Å². The lowest BCUT2D eigenvalue weighted by Crippen LogP contribution is -2.53. The average Bonchev–Trinajstić information content (AvgIpc) is 2.35. The van der Waals surface area contributed by atoms with Gasteiger partial charge in [0.05, 0.1) is 6.04 Å². The first-order chi connectivity index (χ1) is 8.06. The molecule has 1 fully saturated rings. The first-order valence-corrected chi connectivity index (χ1v) is 6.32. The first kappa shape index (κ1) is 14.0. The van der Waals surface area contributed by atoms with Gasteiger partial charge < -0.3 is 15.7 Å². The van der Waals surface area contributed by atoms with Crippen LogP contribution in [0.2, 0.25) is 0 Å². The van der Waals surface area contributed by atoms with Gasteiger partial charge in [0.2, 0.25) is 5.91 Å². The summed E-state index contributed by atoms with van der Waals surface area (Å²) in [6.07, 6.45) is 3.62. The fourth-order valence-electron chi connectivity index (χ4n) is 2.01. The van der Waals surface area contributed by atoms with E-state index in [0.29, 0.717) is 0 Å². The summed E-state index contributed by atoms with van der Waals surface area (Å²) >= 11 is 0. The summed E-state index contributed by atoms with van der Waals surface area (Å²) in [7, 11) is 0. The summed E-state index contributed by atoms with van der Waals surface area (Å²) in [5, 5.41) is 14.8. The van der Waals surface area contributed by atoms with Gasteiger partial charge in [-0.25, -0.2) is 4.79 Å². The maximum Gasteiger partial charge on any atom is 0.326 e. The van der Waals surface area contributed by atoms with Crippen molar-refractivity contribution in [3.63, 3.8) is 0 Å². The predicted molar refractivity (Wildman–Crippen MR) is 64.7 cm³/mol. The van der Waals surface area contributed by atoms with E-state index < -0.39 is 12.0 Å². The van der Waals surface area contributed by atoms with Crippen molar-refractivity contribution in [2.24, 2.45) is 5.92 Å². The minimum Gasteiger partial charge on any atom is -0.480 e. The number of nitrogens with one attached hydrogen (secondary N) is 2. The maximum absolute atomic E-state index is 11.9. The summed E-state index contributed by atoms with van der Waals surface area (Å²) in [6, 6.07) is -1.01. The van der Waals surface area contributed by atoms with Crippen LogP contribution in [0.3, 0.4) is 0 Å². The quantitative estimate of drug-likeness (QED) is 0.664. The molecule has 1 aliphatic heterocycles. The fourth-order valence-corrected chi connectivity index (χ4v) is 2.01. The fraction of sp³-hybridized carbons (Fsp3) is 0.833. The third-order valence-corrected chi connectivity index (χ3v) is 3.40. The van der Waals surface area contributed by atoms with E-state index in [0.717, 1.165) is 32.2 Å². The lowest BCUT2D eigenvalue weighted by molar-refractivity contribution is -0.143. The number of carboxylic acid groups (broad SMARTS) is 1.